The van der Waals surface area contributed by atoms with Crippen molar-refractivity contribution in [1.82, 2.24) is 10.6 Å². The van der Waals surface area contributed by atoms with Crippen LogP contribution in [0.2, 0.25) is 0 Å². The predicted molar refractivity (Wildman–Crippen MR) is 75.9 cm³/mol. The van der Waals surface area contributed by atoms with Gasteiger partial charge in [-0.2, -0.15) is 0 Å². The number of nitrogens with one attached hydrogen (secondary N) is 2. The fourth-order valence-corrected chi connectivity index (χ4v) is 3.66. The molecule has 0 aliphatic heterocycles. The molecule has 3 heteroatoms. The lowest BCUT2D eigenvalue weighted by molar-refractivity contribution is 0.0963. The Kier molecular flexibility index (Phi) is 3.56. The zero-order valence-corrected chi connectivity index (χ0v) is 11.5. The molecule has 19 heavy (non-hydrogen) atoms. The standard InChI is InChI=1S/C16H22N2O/c1-17-16(19)13-5-2-11(3-6-13)10-18-15-9-12-4-7-14(15)8-12/h2-3,5-6,12,14-15,18H,4,7-10H2,1H3,(H,17,19)/t12-,14-,15-/m0/s1. The van der Waals surface area contributed by atoms with Gasteiger partial charge in [0.15, 0.2) is 0 Å². The third-order valence-corrected chi connectivity index (χ3v) is 4.75. The SMILES string of the molecule is CNC(=O)c1ccc(CN[C@H]2C[C@H]3CC[C@H]2C3)cc1. The number of carbonyl (C=O) groups is 1. The van der Waals surface area contributed by atoms with Crippen molar-refractivity contribution in [3.8, 4) is 0 Å². The van der Waals surface area contributed by atoms with Gasteiger partial charge in [0.2, 0.25) is 0 Å². The Morgan fingerprint density at radius 3 is 2.58 bits per heavy atom. The maximum Gasteiger partial charge on any atom is 0.251 e. The maximum absolute atomic E-state index is 11.5. The molecule has 3 rings (SSSR count). The lowest BCUT2D eigenvalue weighted by Gasteiger charge is -2.23. The van der Waals surface area contributed by atoms with Crippen molar-refractivity contribution in [3.63, 3.8) is 0 Å². The third-order valence-electron chi connectivity index (χ3n) is 4.75. The minimum absolute atomic E-state index is 0.0207. The fourth-order valence-electron chi connectivity index (χ4n) is 3.66. The van der Waals surface area contributed by atoms with Crippen LogP contribution in [0.1, 0.15) is 41.6 Å². The summed E-state index contributed by atoms with van der Waals surface area (Å²) in [5, 5.41) is 6.33. The molecule has 2 saturated carbocycles. The number of benzene rings is 1. The van der Waals surface area contributed by atoms with Crippen molar-refractivity contribution in [2.24, 2.45) is 11.8 Å². The van der Waals surface area contributed by atoms with Crippen LogP contribution in [0.15, 0.2) is 24.3 Å². The van der Waals surface area contributed by atoms with Crippen LogP contribution in [-0.2, 0) is 6.54 Å². The quantitative estimate of drug-likeness (QED) is 0.870. The Balaban J connectivity index is 1.54. The first-order chi connectivity index (χ1) is 9.26. The zero-order valence-electron chi connectivity index (χ0n) is 11.5. The van der Waals surface area contributed by atoms with Gasteiger partial charge in [0, 0.05) is 25.2 Å². The molecule has 0 heterocycles. The van der Waals surface area contributed by atoms with Crippen LogP contribution in [-0.4, -0.2) is 19.0 Å². The molecule has 1 aromatic carbocycles. The van der Waals surface area contributed by atoms with Crippen LogP contribution >= 0.6 is 0 Å². The number of amides is 1. The number of rotatable bonds is 4. The molecule has 2 aliphatic carbocycles. The van der Waals surface area contributed by atoms with E-state index in [9.17, 15) is 4.79 Å². The van der Waals surface area contributed by atoms with E-state index in [0.29, 0.717) is 0 Å². The lowest BCUT2D eigenvalue weighted by Crippen LogP contribution is -2.33. The van der Waals surface area contributed by atoms with Crippen molar-refractivity contribution >= 4 is 5.91 Å². The topological polar surface area (TPSA) is 41.1 Å². The molecule has 2 aliphatic rings. The molecular formula is C16H22N2O. The average Bonchev–Trinajstić information content (AvgIpc) is 3.07. The van der Waals surface area contributed by atoms with Gasteiger partial charge in [-0.05, 0) is 48.8 Å². The molecule has 3 atom stereocenters. The van der Waals surface area contributed by atoms with E-state index in [0.717, 1.165) is 30.0 Å². The smallest absolute Gasteiger partial charge is 0.251 e. The molecule has 2 N–H and O–H groups in total. The monoisotopic (exact) mass is 258 g/mol. The third kappa shape index (κ3) is 2.66. The van der Waals surface area contributed by atoms with Crippen LogP contribution in [0.5, 0.6) is 0 Å². The Hall–Kier alpha value is -1.35. The summed E-state index contributed by atoms with van der Waals surface area (Å²) in [6.07, 6.45) is 5.66. The van der Waals surface area contributed by atoms with E-state index in [1.165, 1.54) is 31.2 Å². The Labute approximate surface area is 114 Å². The van der Waals surface area contributed by atoms with Crippen LogP contribution in [0.3, 0.4) is 0 Å². The van der Waals surface area contributed by atoms with E-state index in [1.54, 1.807) is 7.05 Å². The first-order valence-electron chi connectivity index (χ1n) is 7.30. The van der Waals surface area contributed by atoms with Crippen LogP contribution in [0, 0.1) is 11.8 Å². The molecule has 0 unspecified atom stereocenters. The summed E-state index contributed by atoms with van der Waals surface area (Å²) in [5.41, 5.74) is 1.99. The van der Waals surface area contributed by atoms with Gasteiger partial charge in [-0.25, -0.2) is 0 Å². The highest BCUT2D eigenvalue weighted by molar-refractivity contribution is 5.93. The van der Waals surface area contributed by atoms with Crippen molar-refractivity contribution in [2.45, 2.75) is 38.3 Å². The summed E-state index contributed by atoms with van der Waals surface area (Å²) in [5.74, 6) is 1.88. The molecule has 1 aromatic rings. The highest BCUT2D eigenvalue weighted by Gasteiger charge is 2.38. The Bertz CT molecular complexity index is 454. The Morgan fingerprint density at radius 2 is 2.00 bits per heavy atom. The fraction of sp³-hybridized carbons (Fsp3) is 0.562. The van der Waals surface area contributed by atoms with Crippen LogP contribution in [0.4, 0.5) is 0 Å². The van der Waals surface area contributed by atoms with Crippen molar-refractivity contribution in [2.75, 3.05) is 7.05 Å². The number of carbonyl (C=O) groups excluding carboxylic acids is 1. The molecular weight excluding hydrogens is 236 g/mol. The van der Waals surface area contributed by atoms with Gasteiger partial charge < -0.3 is 10.6 Å². The van der Waals surface area contributed by atoms with Crippen LogP contribution < -0.4 is 10.6 Å². The van der Waals surface area contributed by atoms with Gasteiger partial charge >= 0.3 is 0 Å². The van der Waals surface area contributed by atoms with Gasteiger partial charge in [-0.15, -0.1) is 0 Å². The first-order valence-corrected chi connectivity index (χ1v) is 7.30. The lowest BCUT2D eigenvalue weighted by atomic mass is 9.95. The zero-order chi connectivity index (χ0) is 13.2. The molecule has 102 valence electrons. The molecule has 2 fully saturated rings. The van der Waals surface area contributed by atoms with Crippen molar-refractivity contribution in [1.29, 1.82) is 0 Å². The number of hydrogen-bond acceptors (Lipinski definition) is 2. The summed E-state index contributed by atoms with van der Waals surface area (Å²) in [4.78, 5) is 11.5. The second-order valence-electron chi connectivity index (χ2n) is 5.94. The van der Waals surface area contributed by atoms with Gasteiger partial charge in [0.05, 0.1) is 0 Å². The predicted octanol–water partition coefficient (Wildman–Crippen LogP) is 2.32. The van der Waals surface area contributed by atoms with E-state index in [1.807, 2.05) is 24.3 Å². The minimum atomic E-state index is -0.0207. The largest absolute Gasteiger partial charge is 0.355 e. The minimum Gasteiger partial charge on any atom is -0.355 e. The van der Waals surface area contributed by atoms with Crippen LogP contribution in [0.25, 0.3) is 0 Å². The summed E-state index contributed by atoms with van der Waals surface area (Å²) in [6, 6.07) is 8.61. The van der Waals surface area contributed by atoms with E-state index in [4.69, 9.17) is 0 Å². The number of fused-ring (bicyclic) bond motifs is 2. The number of hydrogen-bond donors (Lipinski definition) is 2. The van der Waals surface area contributed by atoms with Gasteiger partial charge in [0.1, 0.15) is 0 Å². The average molecular weight is 258 g/mol. The van der Waals surface area contributed by atoms with E-state index in [2.05, 4.69) is 10.6 Å². The second kappa shape index (κ2) is 5.33. The van der Waals surface area contributed by atoms with Gasteiger partial charge in [-0.3, -0.25) is 4.79 Å². The summed E-state index contributed by atoms with van der Waals surface area (Å²) >= 11 is 0. The summed E-state index contributed by atoms with van der Waals surface area (Å²) in [6.45, 7) is 0.919. The molecule has 0 aromatic heterocycles. The van der Waals surface area contributed by atoms with Gasteiger partial charge in [0.25, 0.3) is 5.91 Å². The molecule has 0 saturated heterocycles. The van der Waals surface area contributed by atoms with E-state index in [-0.39, 0.29) is 5.91 Å². The molecule has 0 spiro atoms. The second-order valence-corrected chi connectivity index (χ2v) is 5.94. The van der Waals surface area contributed by atoms with E-state index < -0.39 is 0 Å². The summed E-state index contributed by atoms with van der Waals surface area (Å²) < 4.78 is 0. The van der Waals surface area contributed by atoms with E-state index >= 15 is 0 Å². The Morgan fingerprint density at radius 1 is 1.21 bits per heavy atom. The molecule has 0 radical (unpaired) electrons. The molecule has 3 nitrogen and oxygen atoms in total. The first kappa shape index (κ1) is 12.7. The molecule has 1 amide bonds. The maximum atomic E-state index is 11.5. The summed E-state index contributed by atoms with van der Waals surface area (Å²) in [7, 11) is 1.66. The van der Waals surface area contributed by atoms with Crippen molar-refractivity contribution in [3.05, 3.63) is 35.4 Å². The van der Waals surface area contributed by atoms with Crippen molar-refractivity contribution < 1.29 is 4.79 Å². The highest BCUT2D eigenvalue weighted by Crippen LogP contribution is 2.44. The molecule has 2 bridgehead atoms. The normalized spacial score (nSPS) is 28.6. The van der Waals surface area contributed by atoms with Gasteiger partial charge in [-0.1, -0.05) is 18.6 Å². The highest BCUT2D eigenvalue weighted by atomic mass is 16.1.